The third-order valence-electron chi connectivity index (χ3n) is 4.72. The Morgan fingerprint density at radius 3 is 2.59 bits per heavy atom. The van der Waals surface area contributed by atoms with Crippen LogP contribution in [0.5, 0.6) is 0 Å². The van der Waals surface area contributed by atoms with Crippen LogP contribution in [0.25, 0.3) is 11.3 Å². The van der Waals surface area contributed by atoms with E-state index in [2.05, 4.69) is 10.3 Å². The molecular weight excluding hydrogens is 420 g/mol. The van der Waals surface area contributed by atoms with Crippen LogP contribution in [-0.4, -0.2) is 21.8 Å². The van der Waals surface area contributed by atoms with Gasteiger partial charge in [0.25, 0.3) is 5.91 Å². The number of aromatic nitrogens is 1. The summed E-state index contributed by atoms with van der Waals surface area (Å²) in [7, 11) is 0. The Hall–Kier alpha value is -2.90. The minimum Gasteiger partial charge on any atom is -0.439 e. The molecule has 0 radical (unpaired) electrons. The third-order valence-corrected chi connectivity index (χ3v) is 5.27. The topological polar surface area (TPSA) is 75.4 Å². The summed E-state index contributed by atoms with van der Waals surface area (Å²) >= 11 is 12.2. The van der Waals surface area contributed by atoms with Gasteiger partial charge >= 0.3 is 6.03 Å². The van der Waals surface area contributed by atoms with E-state index in [9.17, 15) is 14.0 Å². The monoisotopic (exact) mass is 433 g/mol. The highest BCUT2D eigenvalue weighted by molar-refractivity contribution is 6.35. The van der Waals surface area contributed by atoms with Crippen LogP contribution in [0.3, 0.4) is 0 Å². The van der Waals surface area contributed by atoms with Gasteiger partial charge in [0.15, 0.2) is 5.76 Å². The Balaban J connectivity index is 1.58. The Bertz CT molecular complexity index is 1120. The van der Waals surface area contributed by atoms with Crippen molar-refractivity contribution in [2.75, 3.05) is 0 Å². The Morgan fingerprint density at radius 2 is 1.90 bits per heavy atom. The van der Waals surface area contributed by atoms with Crippen LogP contribution in [0.1, 0.15) is 18.4 Å². The fraction of sp³-hybridized carbons (Fsp3) is 0.150. The molecule has 148 valence electrons. The molecule has 3 amide bonds. The van der Waals surface area contributed by atoms with Gasteiger partial charge in [0.1, 0.15) is 17.9 Å². The van der Waals surface area contributed by atoms with Crippen LogP contribution in [0.2, 0.25) is 10.0 Å². The lowest BCUT2D eigenvalue weighted by Gasteiger charge is -2.23. The van der Waals surface area contributed by atoms with Crippen molar-refractivity contribution in [1.82, 2.24) is 15.2 Å². The van der Waals surface area contributed by atoms with Crippen molar-refractivity contribution >= 4 is 35.1 Å². The number of hydrogen-bond donors (Lipinski definition) is 1. The summed E-state index contributed by atoms with van der Waals surface area (Å²) in [4.78, 5) is 30.6. The highest BCUT2D eigenvalue weighted by Gasteiger charge is 2.50. The number of carbonyl (C=O) groups excluding carboxylic acids is 2. The molecule has 1 aromatic heterocycles. The van der Waals surface area contributed by atoms with E-state index in [1.54, 1.807) is 31.2 Å². The van der Waals surface area contributed by atoms with E-state index in [-0.39, 0.29) is 23.3 Å². The van der Waals surface area contributed by atoms with Crippen molar-refractivity contribution in [1.29, 1.82) is 0 Å². The summed E-state index contributed by atoms with van der Waals surface area (Å²) in [6, 6.07) is 9.81. The van der Waals surface area contributed by atoms with E-state index < -0.39 is 17.5 Å². The molecule has 0 aliphatic carbocycles. The number of rotatable bonds is 4. The molecule has 1 atom stereocenters. The molecule has 1 N–H and O–H groups in total. The minimum atomic E-state index is -1.34. The Morgan fingerprint density at radius 1 is 1.17 bits per heavy atom. The first-order valence-electron chi connectivity index (χ1n) is 8.58. The van der Waals surface area contributed by atoms with Crippen LogP contribution >= 0.6 is 23.2 Å². The van der Waals surface area contributed by atoms with Crippen molar-refractivity contribution in [3.05, 3.63) is 76.0 Å². The second-order valence-corrected chi connectivity index (χ2v) is 7.54. The maximum Gasteiger partial charge on any atom is 0.325 e. The molecule has 29 heavy (non-hydrogen) atoms. The van der Waals surface area contributed by atoms with E-state index in [0.717, 1.165) is 4.90 Å². The van der Waals surface area contributed by atoms with Crippen LogP contribution < -0.4 is 5.32 Å². The van der Waals surface area contributed by atoms with Crippen molar-refractivity contribution in [2.24, 2.45) is 0 Å². The van der Waals surface area contributed by atoms with E-state index in [0.29, 0.717) is 21.9 Å². The lowest BCUT2D eigenvalue weighted by Crippen LogP contribution is -2.41. The molecule has 1 aliphatic heterocycles. The predicted octanol–water partition coefficient (Wildman–Crippen LogP) is 4.75. The predicted molar refractivity (Wildman–Crippen MR) is 105 cm³/mol. The van der Waals surface area contributed by atoms with Crippen LogP contribution in [0.4, 0.5) is 9.18 Å². The van der Waals surface area contributed by atoms with Gasteiger partial charge < -0.3 is 9.73 Å². The molecule has 3 aromatic rings. The molecule has 1 aliphatic rings. The molecule has 0 spiro atoms. The summed E-state index contributed by atoms with van der Waals surface area (Å²) < 4.78 is 18.7. The van der Waals surface area contributed by atoms with Gasteiger partial charge in [0, 0.05) is 21.2 Å². The number of imide groups is 1. The smallest absolute Gasteiger partial charge is 0.325 e. The number of amides is 3. The molecule has 2 aromatic carbocycles. The summed E-state index contributed by atoms with van der Waals surface area (Å²) in [5.74, 6) is -0.295. The largest absolute Gasteiger partial charge is 0.439 e. The molecule has 0 saturated carbocycles. The normalized spacial score (nSPS) is 19.0. The number of urea groups is 1. The van der Waals surface area contributed by atoms with Crippen LogP contribution in [0, 0.1) is 5.82 Å². The summed E-state index contributed by atoms with van der Waals surface area (Å²) in [5, 5.41) is 3.36. The van der Waals surface area contributed by atoms with Gasteiger partial charge in [-0.3, -0.25) is 9.69 Å². The van der Waals surface area contributed by atoms with Crippen LogP contribution in [0.15, 0.2) is 53.1 Å². The van der Waals surface area contributed by atoms with Crippen molar-refractivity contribution < 1.29 is 18.4 Å². The number of halogens is 3. The van der Waals surface area contributed by atoms with E-state index in [4.69, 9.17) is 27.6 Å². The van der Waals surface area contributed by atoms with Crippen molar-refractivity contribution in [2.45, 2.75) is 19.0 Å². The fourth-order valence-electron chi connectivity index (χ4n) is 3.18. The highest BCUT2D eigenvalue weighted by Crippen LogP contribution is 2.35. The molecule has 9 heteroatoms. The van der Waals surface area contributed by atoms with Gasteiger partial charge in [-0.1, -0.05) is 29.3 Å². The van der Waals surface area contributed by atoms with Gasteiger partial charge in [0.2, 0.25) is 5.89 Å². The third kappa shape index (κ3) is 3.47. The fourth-order valence-corrected chi connectivity index (χ4v) is 3.78. The summed E-state index contributed by atoms with van der Waals surface area (Å²) in [6.07, 6.45) is 1.45. The second-order valence-electron chi connectivity index (χ2n) is 6.70. The molecule has 6 nitrogen and oxygen atoms in total. The number of carbonyl (C=O) groups is 2. The average molecular weight is 434 g/mol. The van der Waals surface area contributed by atoms with E-state index >= 15 is 0 Å². The van der Waals surface area contributed by atoms with Gasteiger partial charge in [-0.25, -0.2) is 14.2 Å². The first kappa shape index (κ1) is 19.4. The molecule has 4 rings (SSSR count). The van der Waals surface area contributed by atoms with Crippen molar-refractivity contribution in [3.63, 3.8) is 0 Å². The first-order chi connectivity index (χ1) is 13.8. The maximum atomic E-state index is 13.1. The highest BCUT2D eigenvalue weighted by atomic mass is 35.5. The lowest BCUT2D eigenvalue weighted by atomic mass is 9.92. The maximum absolute atomic E-state index is 13.1. The summed E-state index contributed by atoms with van der Waals surface area (Å²) in [5.41, 5.74) is -0.283. The zero-order valence-electron chi connectivity index (χ0n) is 15.1. The molecule has 2 heterocycles. The first-order valence-corrected chi connectivity index (χ1v) is 9.34. The van der Waals surface area contributed by atoms with E-state index in [1.165, 1.54) is 24.4 Å². The van der Waals surface area contributed by atoms with Crippen LogP contribution in [-0.2, 0) is 16.9 Å². The second kappa shape index (κ2) is 7.17. The van der Waals surface area contributed by atoms with Gasteiger partial charge in [-0.15, -0.1) is 0 Å². The van der Waals surface area contributed by atoms with Gasteiger partial charge in [-0.2, -0.15) is 0 Å². The number of benzene rings is 2. The zero-order chi connectivity index (χ0) is 20.8. The average Bonchev–Trinajstić information content (AvgIpc) is 3.21. The van der Waals surface area contributed by atoms with Crippen molar-refractivity contribution in [3.8, 4) is 11.3 Å². The van der Waals surface area contributed by atoms with E-state index in [1.807, 2.05) is 0 Å². The Labute approximate surface area is 175 Å². The molecule has 1 saturated heterocycles. The van der Waals surface area contributed by atoms with Gasteiger partial charge in [0.05, 0.1) is 6.20 Å². The number of oxazole rings is 1. The number of hydrogen-bond acceptors (Lipinski definition) is 4. The molecular formula is C20H14Cl2FN3O3. The summed E-state index contributed by atoms with van der Waals surface area (Å²) in [6.45, 7) is 1.41. The minimum absolute atomic E-state index is 0.160. The number of nitrogens with zero attached hydrogens (tertiary/aromatic N) is 2. The quantitative estimate of drug-likeness (QED) is 0.602. The lowest BCUT2D eigenvalue weighted by molar-refractivity contribution is -0.131. The zero-order valence-corrected chi connectivity index (χ0v) is 16.6. The number of nitrogens with one attached hydrogen (secondary N) is 1. The molecule has 1 fully saturated rings. The standard InChI is InChI=1S/C20H14Cl2FN3O3/c1-20(14-7-4-12(21)8-15(14)22)18(27)26(19(28)25-20)10-17-24-9-16(29-17)11-2-5-13(23)6-3-11/h2-9H,10H2,1H3,(H,25,28)/t20-/m1/s1. The molecule has 0 unspecified atom stereocenters. The SMILES string of the molecule is C[C@]1(c2ccc(Cl)cc2Cl)NC(=O)N(Cc2ncc(-c3ccc(F)cc3)o2)C1=O. The van der Waals surface area contributed by atoms with Gasteiger partial charge in [-0.05, 0) is 43.3 Å². The Kier molecular flexibility index (Phi) is 4.80. The molecule has 0 bridgehead atoms.